The summed E-state index contributed by atoms with van der Waals surface area (Å²) in [7, 11) is 2.09. The molecule has 0 unspecified atom stereocenters. The van der Waals surface area contributed by atoms with Gasteiger partial charge in [0.1, 0.15) is 11.8 Å². The summed E-state index contributed by atoms with van der Waals surface area (Å²) in [5.74, 6) is 0.857. The maximum Gasteiger partial charge on any atom is 0.148 e. The fraction of sp³-hybridized carbons (Fsp3) is 0.294. The first-order chi connectivity index (χ1) is 10.8. The third-order valence-electron chi connectivity index (χ3n) is 4.15. The number of nitrogens with zero attached hydrogens (tertiary/aromatic N) is 4. The number of aromatic nitrogens is 1. The van der Waals surface area contributed by atoms with Crippen LogP contribution in [0.3, 0.4) is 0 Å². The van der Waals surface area contributed by atoms with Crippen LogP contribution in [0, 0.1) is 17.2 Å². The normalized spacial score (nSPS) is 16.5. The van der Waals surface area contributed by atoms with Gasteiger partial charge in [-0.2, -0.15) is 5.26 Å². The van der Waals surface area contributed by atoms with Crippen LogP contribution in [-0.4, -0.2) is 18.6 Å². The third kappa shape index (κ3) is 2.30. The van der Waals surface area contributed by atoms with Crippen LogP contribution in [0.4, 0.5) is 11.4 Å². The highest BCUT2D eigenvalue weighted by molar-refractivity contribution is 8.02. The zero-order valence-corrected chi connectivity index (χ0v) is 13.2. The van der Waals surface area contributed by atoms with Gasteiger partial charge in [-0.1, -0.05) is 6.07 Å². The van der Waals surface area contributed by atoms with Gasteiger partial charge in [0.15, 0.2) is 0 Å². The lowest BCUT2D eigenvalue weighted by Gasteiger charge is -2.16. The minimum absolute atomic E-state index is 0.477. The molecule has 1 aliphatic carbocycles. The number of benzene rings is 1. The molecule has 1 aliphatic heterocycles. The smallest absolute Gasteiger partial charge is 0.148 e. The van der Waals surface area contributed by atoms with Crippen LogP contribution >= 0.6 is 12.1 Å². The molecule has 0 atom stereocenters. The van der Waals surface area contributed by atoms with Gasteiger partial charge >= 0.3 is 0 Å². The average Bonchev–Trinajstić information content (AvgIpc) is 3.32. The summed E-state index contributed by atoms with van der Waals surface area (Å²) in [4.78, 5) is 4.16. The van der Waals surface area contributed by atoms with Crippen molar-refractivity contribution in [3.05, 3.63) is 42.2 Å². The van der Waals surface area contributed by atoms with Gasteiger partial charge in [-0.05, 0) is 48.6 Å². The van der Waals surface area contributed by atoms with Gasteiger partial charge in [-0.15, -0.1) is 0 Å². The first-order valence-electron chi connectivity index (χ1n) is 7.45. The van der Waals surface area contributed by atoms with Gasteiger partial charge in [0.2, 0.25) is 0 Å². The van der Waals surface area contributed by atoms with E-state index in [2.05, 4.69) is 44.9 Å². The van der Waals surface area contributed by atoms with Gasteiger partial charge in [-0.25, -0.2) is 4.98 Å². The predicted molar refractivity (Wildman–Crippen MR) is 90.5 cm³/mol. The fourth-order valence-electron chi connectivity index (χ4n) is 2.78. The standard InChI is InChI=1S/C17H16N4S/c1-20-17-9-13(14-3-2-8-19-15(14)10-18)6-7-16(17)21(22-20)11-12-4-5-12/h2-3,6-9,12H,4-5,11H2,1H3. The monoisotopic (exact) mass is 308 g/mol. The van der Waals surface area contributed by atoms with Gasteiger partial charge in [-0.3, -0.25) is 8.61 Å². The Balaban J connectivity index is 1.72. The van der Waals surface area contributed by atoms with E-state index in [1.165, 1.54) is 24.2 Å². The summed E-state index contributed by atoms with van der Waals surface area (Å²) in [5.41, 5.74) is 4.89. The van der Waals surface area contributed by atoms with Gasteiger partial charge in [0, 0.05) is 25.4 Å². The molecule has 1 fully saturated rings. The van der Waals surface area contributed by atoms with Gasteiger partial charge < -0.3 is 0 Å². The number of pyridine rings is 1. The van der Waals surface area contributed by atoms with E-state index in [1.807, 2.05) is 12.1 Å². The Kier molecular flexibility index (Phi) is 3.20. The molecule has 1 aromatic heterocycles. The maximum absolute atomic E-state index is 9.24. The van der Waals surface area contributed by atoms with E-state index in [0.29, 0.717) is 5.69 Å². The summed E-state index contributed by atoms with van der Waals surface area (Å²) in [5, 5.41) is 9.24. The maximum atomic E-state index is 9.24. The molecule has 110 valence electrons. The molecule has 0 saturated heterocycles. The molecular weight excluding hydrogens is 292 g/mol. The number of hydrogen-bond acceptors (Lipinski definition) is 5. The van der Waals surface area contributed by atoms with Crippen molar-refractivity contribution in [3.8, 4) is 17.2 Å². The number of nitriles is 1. The third-order valence-corrected chi connectivity index (χ3v) is 5.13. The Bertz CT molecular complexity index is 763. The predicted octanol–water partition coefficient (Wildman–Crippen LogP) is 3.85. The summed E-state index contributed by atoms with van der Waals surface area (Å²) in [6.45, 7) is 1.12. The highest BCUT2D eigenvalue weighted by atomic mass is 32.2. The van der Waals surface area contributed by atoms with E-state index in [-0.39, 0.29) is 0 Å². The largest absolute Gasteiger partial charge is 0.300 e. The van der Waals surface area contributed by atoms with Crippen molar-refractivity contribution in [1.29, 1.82) is 5.26 Å². The van der Waals surface area contributed by atoms with Crippen molar-refractivity contribution in [2.24, 2.45) is 5.92 Å². The lowest BCUT2D eigenvalue weighted by Crippen LogP contribution is -2.16. The summed E-state index contributed by atoms with van der Waals surface area (Å²) >= 11 is 1.76. The molecule has 0 radical (unpaired) electrons. The van der Waals surface area contributed by atoms with Crippen LogP contribution in [0.2, 0.25) is 0 Å². The first kappa shape index (κ1) is 13.5. The molecular formula is C17H16N4S. The molecule has 4 rings (SSSR count). The van der Waals surface area contributed by atoms with E-state index in [0.717, 1.165) is 23.6 Å². The molecule has 2 heterocycles. The second-order valence-corrected chi connectivity index (χ2v) is 6.95. The highest BCUT2D eigenvalue weighted by Gasteiger charge is 2.31. The van der Waals surface area contributed by atoms with E-state index in [9.17, 15) is 5.26 Å². The Morgan fingerprint density at radius 3 is 2.95 bits per heavy atom. The Hall–Kier alpha value is -2.19. The van der Waals surface area contributed by atoms with Crippen molar-refractivity contribution in [1.82, 2.24) is 4.98 Å². The molecule has 0 spiro atoms. The molecule has 1 saturated carbocycles. The van der Waals surface area contributed by atoms with Crippen LogP contribution in [-0.2, 0) is 0 Å². The summed E-state index contributed by atoms with van der Waals surface area (Å²) < 4.78 is 4.58. The lowest BCUT2D eigenvalue weighted by atomic mass is 10.0. The van der Waals surface area contributed by atoms with E-state index in [1.54, 1.807) is 18.3 Å². The summed E-state index contributed by atoms with van der Waals surface area (Å²) in [6, 6.07) is 12.4. The molecule has 0 N–H and O–H groups in total. The number of anilines is 2. The van der Waals surface area contributed by atoms with Gasteiger partial charge in [0.05, 0.1) is 23.5 Å². The molecule has 2 aromatic rings. The zero-order valence-electron chi connectivity index (χ0n) is 12.4. The molecule has 5 heteroatoms. The lowest BCUT2D eigenvalue weighted by molar-refractivity contribution is 0.852. The van der Waals surface area contributed by atoms with Crippen molar-refractivity contribution in [3.63, 3.8) is 0 Å². The molecule has 2 aliphatic rings. The zero-order chi connectivity index (χ0) is 15.1. The Morgan fingerprint density at radius 2 is 2.18 bits per heavy atom. The Labute approximate surface area is 134 Å². The Morgan fingerprint density at radius 1 is 1.32 bits per heavy atom. The molecule has 22 heavy (non-hydrogen) atoms. The fourth-order valence-corrected chi connectivity index (χ4v) is 3.83. The number of hydrogen-bond donors (Lipinski definition) is 0. The topological polar surface area (TPSA) is 43.2 Å². The van der Waals surface area contributed by atoms with Crippen LogP contribution in [0.5, 0.6) is 0 Å². The van der Waals surface area contributed by atoms with Crippen LogP contribution < -0.4 is 8.61 Å². The van der Waals surface area contributed by atoms with Crippen molar-refractivity contribution in [2.45, 2.75) is 12.8 Å². The molecule has 0 amide bonds. The van der Waals surface area contributed by atoms with Crippen LogP contribution in [0.1, 0.15) is 18.5 Å². The number of rotatable bonds is 3. The summed E-state index contributed by atoms with van der Waals surface area (Å²) in [6.07, 6.45) is 4.37. The van der Waals surface area contributed by atoms with Crippen LogP contribution in [0.25, 0.3) is 11.1 Å². The SMILES string of the molecule is CN1SN(CC2CC2)c2ccc(-c3cccnc3C#N)cc21. The van der Waals surface area contributed by atoms with E-state index >= 15 is 0 Å². The van der Waals surface area contributed by atoms with Crippen molar-refractivity contribution in [2.75, 3.05) is 22.2 Å². The number of fused-ring (bicyclic) bond motifs is 1. The average molecular weight is 308 g/mol. The van der Waals surface area contributed by atoms with E-state index in [4.69, 9.17) is 0 Å². The highest BCUT2D eigenvalue weighted by Crippen LogP contribution is 2.47. The van der Waals surface area contributed by atoms with Gasteiger partial charge in [0.25, 0.3) is 0 Å². The quantitative estimate of drug-likeness (QED) is 0.806. The second-order valence-electron chi connectivity index (χ2n) is 5.80. The van der Waals surface area contributed by atoms with Crippen molar-refractivity contribution >= 4 is 23.5 Å². The minimum Gasteiger partial charge on any atom is -0.300 e. The van der Waals surface area contributed by atoms with Crippen LogP contribution in [0.15, 0.2) is 36.5 Å². The first-order valence-corrected chi connectivity index (χ1v) is 8.18. The molecule has 0 bridgehead atoms. The van der Waals surface area contributed by atoms with E-state index < -0.39 is 0 Å². The molecule has 4 nitrogen and oxygen atoms in total. The van der Waals surface area contributed by atoms with Crippen molar-refractivity contribution < 1.29 is 0 Å². The minimum atomic E-state index is 0.477. The molecule has 1 aromatic carbocycles. The second kappa shape index (κ2) is 5.22.